The number of piperidine rings is 1. The number of carbonyl (C=O) groups excluding carboxylic acids is 1. The van der Waals surface area contributed by atoms with Gasteiger partial charge >= 0.3 is 6.09 Å². The first-order valence-corrected chi connectivity index (χ1v) is 6.13. The number of halogens is 1. The molecule has 88 valence electrons. The van der Waals surface area contributed by atoms with E-state index in [2.05, 4.69) is 25.4 Å². The van der Waals surface area contributed by atoms with Gasteiger partial charge in [0.25, 0.3) is 0 Å². The first kappa shape index (κ1) is 12.8. The van der Waals surface area contributed by atoms with Crippen LogP contribution < -0.4 is 5.32 Å². The topological polar surface area (TPSA) is 41.6 Å². The first-order chi connectivity index (χ1) is 7.08. The van der Waals surface area contributed by atoms with Crippen LogP contribution in [0, 0.1) is 5.92 Å². The summed E-state index contributed by atoms with van der Waals surface area (Å²) in [6.45, 7) is 6.47. The zero-order valence-corrected chi connectivity index (χ0v) is 10.9. The summed E-state index contributed by atoms with van der Waals surface area (Å²) in [4.78, 5) is 11.3. The molecule has 1 fully saturated rings. The molecule has 0 atom stereocenters. The highest BCUT2D eigenvalue weighted by Gasteiger charge is 2.19. The van der Waals surface area contributed by atoms with Crippen molar-refractivity contribution in [3.05, 3.63) is 0 Å². The number of nitrogens with one attached hydrogen (secondary N) is 1. The number of amides is 1. The molecule has 1 saturated heterocycles. The van der Waals surface area contributed by atoms with Crippen molar-refractivity contribution in [3.8, 4) is 0 Å². The molecule has 0 bridgehead atoms. The van der Waals surface area contributed by atoms with Gasteiger partial charge in [0.2, 0.25) is 0 Å². The third kappa shape index (κ3) is 5.37. The smallest absolute Gasteiger partial charge is 0.407 e. The molecule has 0 aromatic carbocycles. The molecule has 15 heavy (non-hydrogen) atoms. The summed E-state index contributed by atoms with van der Waals surface area (Å²) in [5, 5.41) is 2.89. The van der Waals surface area contributed by atoms with Gasteiger partial charge in [0.05, 0.1) is 6.61 Å². The lowest BCUT2D eigenvalue weighted by atomic mass is 10.1. The number of alkyl carbamates (subject to hydrolysis) is 1. The zero-order chi connectivity index (χ0) is 11.3. The van der Waals surface area contributed by atoms with Crippen LogP contribution in [-0.2, 0) is 4.74 Å². The summed E-state index contributed by atoms with van der Waals surface area (Å²) in [5.74, 6) is 0.389. The molecule has 1 amide bonds. The molecule has 0 radical (unpaired) electrons. The van der Waals surface area contributed by atoms with Gasteiger partial charge in [-0.15, -0.1) is 0 Å². The van der Waals surface area contributed by atoms with Gasteiger partial charge in [0, 0.05) is 35.3 Å². The molecule has 1 aliphatic heterocycles. The standard InChI is InChI=1S/C10H19BrN2O2/c1-8(2)7-15-10(14)12-9-3-5-13(11)6-4-9/h8-9H,3-7H2,1-2H3,(H,12,14). The van der Waals surface area contributed by atoms with E-state index in [0.29, 0.717) is 12.5 Å². The van der Waals surface area contributed by atoms with E-state index in [0.717, 1.165) is 25.9 Å². The highest BCUT2D eigenvalue weighted by Crippen LogP contribution is 2.13. The molecule has 1 aliphatic rings. The number of hydrogen-bond acceptors (Lipinski definition) is 3. The molecule has 1 rings (SSSR count). The first-order valence-electron chi connectivity index (χ1n) is 5.42. The SMILES string of the molecule is CC(C)COC(=O)NC1CCN(Br)CC1. The van der Waals surface area contributed by atoms with E-state index in [-0.39, 0.29) is 12.1 Å². The van der Waals surface area contributed by atoms with Crippen molar-refractivity contribution in [2.75, 3.05) is 19.7 Å². The molecule has 1 N–H and O–H groups in total. The fraction of sp³-hybridized carbons (Fsp3) is 0.900. The van der Waals surface area contributed by atoms with Crippen LogP contribution in [0.4, 0.5) is 4.79 Å². The van der Waals surface area contributed by atoms with Gasteiger partial charge in [-0.05, 0) is 18.8 Å². The molecule has 5 heteroatoms. The Bertz CT molecular complexity index is 204. The quantitative estimate of drug-likeness (QED) is 0.805. The number of nitrogens with zero attached hydrogens (tertiary/aromatic N) is 1. The summed E-state index contributed by atoms with van der Waals surface area (Å²) in [5.41, 5.74) is 0. The van der Waals surface area contributed by atoms with Crippen molar-refractivity contribution < 1.29 is 9.53 Å². The molecular formula is C10H19BrN2O2. The van der Waals surface area contributed by atoms with Gasteiger partial charge in [-0.1, -0.05) is 13.8 Å². The average molecular weight is 279 g/mol. The molecule has 0 aromatic rings. The average Bonchev–Trinajstić information content (AvgIpc) is 2.19. The molecule has 4 nitrogen and oxygen atoms in total. The summed E-state index contributed by atoms with van der Waals surface area (Å²) < 4.78 is 7.15. The third-order valence-corrected chi connectivity index (χ3v) is 3.02. The Hall–Kier alpha value is -0.290. The second-order valence-corrected chi connectivity index (χ2v) is 5.32. The predicted octanol–water partition coefficient (Wildman–Crippen LogP) is 2.14. The molecule has 0 aliphatic carbocycles. The highest BCUT2D eigenvalue weighted by atomic mass is 79.9. The summed E-state index contributed by atoms with van der Waals surface area (Å²) in [6.07, 6.45) is 1.67. The number of ether oxygens (including phenoxy) is 1. The van der Waals surface area contributed by atoms with E-state index >= 15 is 0 Å². The Morgan fingerprint density at radius 1 is 1.53 bits per heavy atom. The molecular weight excluding hydrogens is 260 g/mol. The lowest BCUT2D eigenvalue weighted by Gasteiger charge is -2.27. The summed E-state index contributed by atoms with van der Waals surface area (Å²) in [7, 11) is 0. The maximum absolute atomic E-state index is 11.3. The second-order valence-electron chi connectivity index (χ2n) is 4.32. The van der Waals surface area contributed by atoms with Gasteiger partial charge in [-0.25, -0.2) is 8.72 Å². The van der Waals surface area contributed by atoms with Gasteiger partial charge in [-0.2, -0.15) is 0 Å². The van der Waals surface area contributed by atoms with Crippen molar-refractivity contribution in [1.29, 1.82) is 0 Å². The number of carbonyl (C=O) groups is 1. The van der Waals surface area contributed by atoms with Crippen LogP contribution in [0.2, 0.25) is 0 Å². The molecule has 0 aromatic heterocycles. The minimum absolute atomic E-state index is 0.262. The van der Waals surface area contributed by atoms with Gasteiger partial charge in [-0.3, -0.25) is 0 Å². The van der Waals surface area contributed by atoms with Crippen molar-refractivity contribution in [3.63, 3.8) is 0 Å². The van der Waals surface area contributed by atoms with E-state index in [1.807, 2.05) is 13.8 Å². The van der Waals surface area contributed by atoms with Crippen LogP contribution in [0.25, 0.3) is 0 Å². The van der Waals surface area contributed by atoms with E-state index in [9.17, 15) is 4.79 Å². The maximum Gasteiger partial charge on any atom is 0.407 e. The minimum atomic E-state index is -0.281. The molecule has 0 unspecified atom stereocenters. The van der Waals surface area contributed by atoms with Crippen molar-refractivity contribution in [2.24, 2.45) is 5.92 Å². The third-order valence-electron chi connectivity index (χ3n) is 2.31. The Labute approximate surface area is 99.7 Å². The Kier molecular flexibility index (Phi) is 5.39. The van der Waals surface area contributed by atoms with Crippen LogP contribution in [0.15, 0.2) is 0 Å². The summed E-state index contributed by atoms with van der Waals surface area (Å²) >= 11 is 3.42. The summed E-state index contributed by atoms with van der Waals surface area (Å²) in [6, 6.07) is 0.262. The number of hydrogen-bond donors (Lipinski definition) is 1. The van der Waals surface area contributed by atoms with Crippen molar-refractivity contribution in [2.45, 2.75) is 32.7 Å². The normalized spacial score (nSPS) is 19.2. The second kappa shape index (κ2) is 6.33. The maximum atomic E-state index is 11.3. The van der Waals surface area contributed by atoms with E-state index in [4.69, 9.17) is 4.74 Å². The van der Waals surface area contributed by atoms with Gasteiger partial charge in [0.15, 0.2) is 0 Å². The van der Waals surface area contributed by atoms with E-state index in [1.165, 1.54) is 0 Å². The van der Waals surface area contributed by atoms with Crippen molar-refractivity contribution in [1.82, 2.24) is 9.24 Å². The Morgan fingerprint density at radius 2 is 2.13 bits per heavy atom. The lowest BCUT2D eigenvalue weighted by Crippen LogP contribution is -2.42. The van der Waals surface area contributed by atoms with E-state index < -0.39 is 0 Å². The van der Waals surface area contributed by atoms with Crippen LogP contribution >= 0.6 is 16.1 Å². The fourth-order valence-corrected chi connectivity index (χ4v) is 1.85. The van der Waals surface area contributed by atoms with Gasteiger partial charge < -0.3 is 10.1 Å². The highest BCUT2D eigenvalue weighted by molar-refractivity contribution is 9.07. The molecule has 0 spiro atoms. The molecule has 1 heterocycles. The lowest BCUT2D eigenvalue weighted by molar-refractivity contribution is 0.126. The van der Waals surface area contributed by atoms with Crippen LogP contribution in [0.3, 0.4) is 0 Å². The molecule has 0 saturated carbocycles. The fourth-order valence-electron chi connectivity index (χ4n) is 1.44. The Morgan fingerprint density at radius 3 is 2.67 bits per heavy atom. The van der Waals surface area contributed by atoms with Crippen LogP contribution in [-0.4, -0.2) is 35.8 Å². The number of rotatable bonds is 3. The monoisotopic (exact) mass is 278 g/mol. The minimum Gasteiger partial charge on any atom is -0.449 e. The largest absolute Gasteiger partial charge is 0.449 e. The van der Waals surface area contributed by atoms with Crippen LogP contribution in [0.1, 0.15) is 26.7 Å². The predicted molar refractivity (Wildman–Crippen MR) is 62.8 cm³/mol. The van der Waals surface area contributed by atoms with Crippen molar-refractivity contribution >= 4 is 22.2 Å². The Balaban J connectivity index is 2.15. The van der Waals surface area contributed by atoms with Crippen LogP contribution in [0.5, 0.6) is 0 Å². The van der Waals surface area contributed by atoms with E-state index in [1.54, 1.807) is 0 Å². The van der Waals surface area contributed by atoms with Gasteiger partial charge in [0.1, 0.15) is 0 Å². The zero-order valence-electron chi connectivity index (χ0n) is 9.33.